The molecular formula is C16H21ClFN5O. The van der Waals surface area contributed by atoms with E-state index in [4.69, 9.17) is 0 Å². The van der Waals surface area contributed by atoms with Gasteiger partial charge in [-0.05, 0) is 31.5 Å². The van der Waals surface area contributed by atoms with Crippen LogP contribution in [0.1, 0.15) is 36.2 Å². The number of para-hydroxylation sites is 1. The Hall–Kier alpha value is -1.99. The maximum Gasteiger partial charge on any atom is 0.291 e. The zero-order chi connectivity index (χ0) is 16.2. The van der Waals surface area contributed by atoms with Gasteiger partial charge in [-0.1, -0.05) is 19.1 Å². The summed E-state index contributed by atoms with van der Waals surface area (Å²) in [5.74, 6) is -0.0725. The number of nitrogens with one attached hydrogen (secondary N) is 2. The number of piperidine rings is 1. The van der Waals surface area contributed by atoms with Gasteiger partial charge in [0.1, 0.15) is 17.3 Å². The summed E-state index contributed by atoms with van der Waals surface area (Å²) in [6, 6.07) is 6.42. The van der Waals surface area contributed by atoms with Crippen molar-refractivity contribution in [3.63, 3.8) is 0 Å². The van der Waals surface area contributed by atoms with Gasteiger partial charge in [0.25, 0.3) is 5.91 Å². The number of benzene rings is 1. The molecule has 0 aliphatic carbocycles. The van der Waals surface area contributed by atoms with Crippen molar-refractivity contribution in [2.24, 2.45) is 0 Å². The highest BCUT2D eigenvalue weighted by Crippen LogP contribution is 2.15. The van der Waals surface area contributed by atoms with Crippen molar-refractivity contribution in [2.75, 3.05) is 13.1 Å². The van der Waals surface area contributed by atoms with Crippen molar-refractivity contribution in [3.05, 3.63) is 41.7 Å². The number of amides is 1. The second kappa shape index (κ2) is 8.21. The number of aromatic nitrogens is 3. The van der Waals surface area contributed by atoms with E-state index in [0.29, 0.717) is 17.9 Å². The van der Waals surface area contributed by atoms with Crippen LogP contribution in [0.5, 0.6) is 0 Å². The smallest absolute Gasteiger partial charge is 0.291 e. The van der Waals surface area contributed by atoms with E-state index in [1.165, 1.54) is 10.7 Å². The number of carbonyl (C=O) groups is 1. The fraction of sp³-hybridized carbons (Fsp3) is 0.438. The summed E-state index contributed by atoms with van der Waals surface area (Å²) < 4.78 is 15.4. The highest BCUT2D eigenvalue weighted by atomic mass is 35.5. The van der Waals surface area contributed by atoms with Crippen molar-refractivity contribution in [1.82, 2.24) is 25.4 Å². The van der Waals surface area contributed by atoms with Gasteiger partial charge in [-0.25, -0.2) is 14.1 Å². The average Bonchev–Trinajstić information content (AvgIpc) is 3.00. The maximum absolute atomic E-state index is 14.0. The first-order valence-corrected chi connectivity index (χ1v) is 7.91. The summed E-state index contributed by atoms with van der Waals surface area (Å²) in [6.45, 7) is 3.63. The molecule has 1 aliphatic rings. The minimum Gasteiger partial charge on any atom is -0.345 e. The molecule has 0 spiro atoms. The molecule has 6 nitrogen and oxygen atoms in total. The highest BCUT2D eigenvalue weighted by Gasteiger charge is 2.21. The van der Waals surface area contributed by atoms with Crippen molar-refractivity contribution >= 4 is 18.3 Å². The Bertz CT molecular complexity index is 700. The molecule has 130 valence electrons. The number of rotatable bonds is 4. The lowest BCUT2D eigenvalue weighted by Gasteiger charge is -2.23. The van der Waals surface area contributed by atoms with Crippen LogP contribution in [0.3, 0.4) is 0 Å². The van der Waals surface area contributed by atoms with E-state index in [9.17, 15) is 9.18 Å². The van der Waals surface area contributed by atoms with Crippen LogP contribution in [0.4, 0.5) is 4.39 Å². The van der Waals surface area contributed by atoms with E-state index >= 15 is 0 Å². The third-order valence-electron chi connectivity index (χ3n) is 3.91. The van der Waals surface area contributed by atoms with Gasteiger partial charge in [0.05, 0.1) is 0 Å². The van der Waals surface area contributed by atoms with Gasteiger partial charge in [-0.15, -0.1) is 17.5 Å². The molecule has 0 radical (unpaired) electrons. The summed E-state index contributed by atoms with van der Waals surface area (Å²) in [7, 11) is 0. The summed E-state index contributed by atoms with van der Waals surface area (Å²) in [6.07, 6.45) is 2.52. The average molecular weight is 354 g/mol. The molecule has 0 saturated carbocycles. The topological polar surface area (TPSA) is 71.8 Å². The Balaban J connectivity index is 0.00000208. The quantitative estimate of drug-likeness (QED) is 0.880. The molecule has 1 atom stereocenters. The molecule has 1 fully saturated rings. The first-order valence-electron chi connectivity index (χ1n) is 7.91. The van der Waals surface area contributed by atoms with Crippen molar-refractivity contribution in [2.45, 2.75) is 32.2 Å². The number of halogens is 2. The third-order valence-corrected chi connectivity index (χ3v) is 3.91. The molecule has 2 N–H and O–H groups in total. The van der Waals surface area contributed by atoms with Crippen LogP contribution in [-0.4, -0.2) is 39.8 Å². The number of aryl methyl sites for hydroxylation is 1. The lowest BCUT2D eigenvalue weighted by Crippen LogP contribution is -2.45. The third kappa shape index (κ3) is 3.91. The molecule has 3 rings (SSSR count). The van der Waals surface area contributed by atoms with Crippen LogP contribution < -0.4 is 10.6 Å². The molecule has 2 aromatic rings. The second-order valence-corrected chi connectivity index (χ2v) is 5.59. The summed E-state index contributed by atoms with van der Waals surface area (Å²) >= 11 is 0. The van der Waals surface area contributed by atoms with Crippen LogP contribution in [0.2, 0.25) is 0 Å². The molecule has 1 aromatic heterocycles. The standard InChI is InChI=1S/C16H20FN5O.ClH/c1-2-14-20-15(16(23)19-11-6-5-9-18-10-11)21-22(14)13-8-4-3-7-12(13)17;/h3-4,7-8,11,18H,2,5-6,9-10H2,1H3,(H,19,23);1H/t11-;/m0./s1. The van der Waals surface area contributed by atoms with E-state index in [-0.39, 0.29) is 30.2 Å². The molecule has 0 unspecified atom stereocenters. The largest absolute Gasteiger partial charge is 0.345 e. The predicted molar refractivity (Wildman–Crippen MR) is 91.3 cm³/mol. The van der Waals surface area contributed by atoms with E-state index in [1.54, 1.807) is 18.2 Å². The summed E-state index contributed by atoms with van der Waals surface area (Å²) in [5, 5.41) is 10.4. The lowest BCUT2D eigenvalue weighted by molar-refractivity contribution is 0.0920. The zero-order valence-electron chi connectivity index (χ0n) is 13.5. The maximum atomic E-state index is 14.0. The molecule has 1 amide bonds. The minimum atomic E-state index is -0.393. The normalized spacial score (nSPS) is 17.2. The Morgan fingerprint density at radius 1 is 1.46 bits per heavy atom. The van der Waals surface area contributed by atoms with Gasteiger partial charge in [0.2, 0.25) is 5.82 Å². The van der Waals surface area contributed by atoms with Crippen LogP contribution in [0.25, 0.3) is 5.69 Å². The Morgan fingerprint density at radius 2 is 2.25 bits per heavy atom. The summed E-state index contributed by atoms with van der Waals surface area (Å²) in [5.41, 5.74) is 0.301. The fourth-order valence-electron chi connectivity index (χ4n) is 2.71. The van der Waals surface area contributed by atoms with Gasteiger partial charge in [0.15, 0.2) is 0 Å². The number of nitrogens with zero attached hydrogens (tertiary/aromatic N) is 3. The molecule has 24 heavy (non-hydrogen) atoms. The van der Waals surface area contributed by atoms with Gasteiger partial charge in [-0.3, -0.25) is 4.79 Å². The number of hydrogen-bond donors (Lipinski definition) is 2. The molecule has 2 heterocycles. The first-order chi connectivity index (χ1) is 11.2. The van der Waals surface area contributed by atoms with Crippen LogP contribution in [-0.2, 0) is 6.42 Å². The molecule has 1 saturated heterocycles. The number of hydrogen-bond acceptors (Lipinski definition) is 4. The van der Waals surface area contributed by atoms with Crippen molar-refractivity contribution in [1.29, 1.82) is 0 Å². The van der Waals surface area contributed by atoms with Crippen molar-refractivity contribution in [3.8, 4) is 5.69 Å². The van der Waals surface area contributed by atoms with Gasteiger partial charge in [0, 0.05) is 19.0 Å². The van der Waals surface area contributed by atoms with Crippen LogP contribution in [0.15, 0.2) is 24.3 Å². The Labute approximate surface area is 146 Å². The van der Waals surface area contributed by atoms with E-state index in [0.717, 1.165) is 25.9 Å². The molecular weight excluding hydrogens is 333 g/mol. The number of carbonyl (C=O) groups excluding carboxylic acids is 1. The Morgan fingerprint density at radius 3 is 2.92 bits per heavy atom. The highest BCUT2D eigenvalue weighted by molar-refractivity contribution is 5.90. The summed E-state index contributed by atoms with van der Waals surface area (Å²) in [4.78, 5) is 16.6. The van der Waals surface area contributed by atoms with E-state index < -0.39 is 5.82 Å². The lowest BCUT2D eigenvalue weighted by atomic mass is 10.1. The zero-order valence-corrected chi connectivity index (χ0v) is 14.3. The molecule has 1 aliphatic heterocycles. The van der Waals surface area contributed by atoms with Crippen LogP contribution in [0, 0.1) is 5.82 Å². The van der Waals surface area contributed by atoms with E-state index in [2.05, 4.69) is 20.7 Å². The van der Waals surface area contributed by atoms with E-state index in [1.807, 2.05) is 6.92 Å². The first kappa shape index (κ1) is 18.4. The monoisotopic (exact) mass is 353 g/mol. The molecule has 0 bridgehead atoms. The van der Waals surface area contributed by atoms with Gasteiger partial charge < -0.3 is 10.6 Å². The second-order valence-electron chi connectivity index (χ2n) is 5.59. The predicted octanol–water partition coefficient (Wildman–Crippen LogP) is 1.87. The Kier molecular flexibility index (Phi) is 6.28. The van der Waals surface area contributed by atoms with Gasteiger partial charge in [-0.2, -0.15) is 0 Å². The van der Waals surface area contributed by atoms with Crippen LogP contribution >= 0.6 is 12.4 Å². The van der Waals surface area contributed by atoms with Gasteiger partial charge >= 0.3 is 0 Å². The molecule has 8 heteroatoms. The van der Waals surface area contributed by atoms with Crippen molar-refractivity contribution < 1.29 is 9.18 Å². The minimum absolute atomic E-state index is 0. The molecule has 1 aromatic carbocycles. The fourth-order valence-corrected chi connectivity index (χ4v) is 2.71. The SMILES string of the molecule is CCc1nc(C(=O)N[C@H]2CCCNC2)nn1-c1ccccc1F.Cl.